The summed E-state index contributed by atoms with van der Waals surface area (Å²) in [7, 11) is 0. The van der Waals surface area contributed by atoms with Gasteiger partial charge in [-0.15, -0.1) is 0 Å². The average Bonchev–Trinajstić information content (AvgIpc) is 2.31. The second-order valence-electron chi connectivity index (χ2n) is 4.87. The second kappa shape index (κ2) is 7.67. The molecule has 0 aromatic heterocycles. The van der Waals surface area contributed by atoms with Gasteiger partial charge in [0.15, 0.2) is 0 Å². The molecule has 0 spiro atoms. The topological polar surface area (TPSA) is 35.2 Å². The molecule has 1 aromatic carbocycles. The molecule has 0 bridgehead atoms. The van der Waals surface area contributed by atoms with Crippen molar-refractivity contribution in [2.24, 2.45) is 5.92 Å². The maximum absolute atomic E-state index is 6.00. The van der Waals surface area contributed by atoms with Gasteiger partial charge in [0, 0.05) is 4.47 Å². The van der Waals surface area contributed by atoms with Crippen molar-refractivity contribution in [3.63, 3.8) is 0 Å². The van der Waals surface area contributed by atoms with Gasteiger partial charge < -0.3 is 10.5 Å². The number of anilines is 1. The zero-order chi connectivity index (χ0) is 13.5. The maximum Gasteiger partial charge on any atom is 0.145 e. The highest BCUT2D eigenvalue weighted by Crippen LogP contribution is 2.30. The number of hydrogen-bond donors (Lipinski definition) is 1. The molecular weight excluding hydrogens is 290 g/mol. The minimum absolute atomic E-state index is 0.632. The Morgan fingerprint density at radius 2 is 2.06 bits per heavy atom. The Morgan fingerprint density at radius 1 is 1.33 bits per heavy atom. The highest BCUT2D eigenvalue weighted by atomic mass is 79.9. The van der Waals surface area contributed by atoms with E-state index in [-0.39, 0.29) is 0 Å². The van der Waals surface area contributed by atoms with Crippen LogP contribution in [0.25, 0.3) is 0 Å². The summed E-state index contributed by atoms with van der Waals surface area (Å²) in [4.78, 5) is 0. The fraction of sp³-hybridized carbons (Fsp3) is 0.600. The molecule has 0 aliphatic rings. The lowest BCUT2D eigenvalue weighted by molar-refractivity contribution is 0.233. The first-order valence-corrected chi connectivity index (χ1v) is 7.56. The Kier molecular flexibility index (Phi) is 6.55. The average molecular weight is 314 g/mol. The van der Waals surface area contributed by atoms with Gasteiger partial charge in [-0.1, -0.05) is 49.0 Å². The molecule has 18 heavy (non-hydrogen) atoms. The molecule has 1 rings (SSSR count). The summed E-state index contributed by atoms with van der Waals surface area (Å²) in [6, 6.07) is 3.94. The van der Waals surface area contributed by atoms with E-state index in [1.165, 1.54) is 19.3 Å². The Hall–Kier alpha value is -0.700. The molecule has 1 aromatic rings. The van der Waals surface area contributed by atoms with E-state index < -0.39 is 0 Å². The van der Waals surface area contributed by atoms with E-state index in [4.69, 9.17) is 10.5 Å². The number of ether oxygens (including phenoxy) is 1. The van der Waals surface area contributed by atoms with Gasteiger partial charge in [-0.2, -0.15) is 0 Å². The molecule has 102 valence electrons. The number of nitrogens with two attached hydrogens (primary N) is 1. The van der Waals surface area contributed by atoms with Gasteiger partial charge >= 0.3 is 0 Å². The SMILES string of the molecule is CCCCC(CC)COc1c(C)cc(Br)cc1N. The van der Waals surface area contributed by atoms with Crippen molar-refractivity contribution < 1.29 is 4.74 Å². The van der Waals surface area contributed by atoms with Gasteiger partial charge in [-0.3, -0.25) is 0 Å². The predicted molar refractivity (Wildman–Crippen MR) is 82.1 cm³/mol. The predicted octanol–water partition coefficient (Wildman–Crippen LogP) is 4.93. The monoisotopic (exact) mass is 313 g/mol. The second-order valence-corrected chi connectivity index (χ2v) is 5.78. The molecule has 0 radical (unpaired) electrons. The lowest BCUT2D eigenvalue weighted by atomic mass is 10.0. The summed E-state index contributed by atoms with van der Waals surface area (Å²) in [5.74, 6) is 1.47. The number of nitrogen functional groups attached to an aromatic ring is 1. The van der Waals surface area contributed by atoms with Crippen LogP contribution in [-0.4, -0.2) is 6.61 Å². The fourth-order valence-electron chi connectivity index (χ4n) is 2.05. The Bertz CT molecular complexity index is 356. The minimum atomic E-state index is 0.632. The number of benzene rings is 1. The highest BCUT2D eigenvalue weighted by molar-refractivity contribution is 9.10. The summed E-state index contributed by atoms with van der Waals surface area (Å²) < 4.78 is 6.93. The third-order valence-electron chi connectivity index (χ3n) is 3.27. The number of rotatable bonds is 7. The van der Waals surface area contributed by atoms with E-state index in [9.17, 15) is 0 Å². The van der Waals surface area contributed by atoms with Crippen LogP contribution < -0.4 is 10.5 Å². The zero-order valence-corrected chi connectivity index (χ0v) is 13.2. The standard InChI is InChI=1S/C15H24BrNO/c1-4-6-7-12(5-2)10-18-15-11(3)8-13(16)9-14(15)17/h8-9,12H,4-7,10,17H2,1-3H3. The molecule has 0 amide bonds. The van der Waals surface area contributed by atoms with Crippen LogP contribution in [0, 0.1) is 12.8 Å². The van der Waals surface area contributed by atoms with Crippen LogP contribution in [0.4, 0.5) is 5.69 Å². The number of halogens is 1. The summed E-state index contributed by atoms with van der Waals surface area (Å²) in [6.45, 7) is 7.25. The molecule has 2 nitrogen and oxygen atoms in total. The van der Waals surface area contributed by atoms with Crippen LogP contribution in [0.1, 0.15) is 45.1 Å². The first kappa shape index (κ1) is 15.4. The van der Waals surface area contributed by atoms with Crippen LogP contribution in [0.5, 0.6) is 5.75 Å². The molecule has 2 N–H and O–H groups in total. The van der Waals surface area contributed by atoms with E-state index in [2.05, 4.69) is 29.8 Å². The fourth-order valence-corrected chi connectivity index (χ4v) is 2.64. The molecule has 0 saturated heterocycles. The summed E-state index contributed by atoms with van der Waals surface area (Å²) in [5, 5.41) is 0. The Balaban J connectivity index is 2.62. The first-order valence-electron chi connectivity index (χ1n) is 6.76. The van der Waals surface area contributed by atoms with E-state index in [0.717, 1.165) is 28.8 Å². The Morgan fingerprint density at radius 3 is 2.61 bits per heavy atom. The third kappa shape index (κ3) is 4.52. The molecule has 0 heterocycles. The normalized spacial score (nSPS) is 12.4. The lowest BCUT2D eigenvalue weighted by Gasteiger charge is -2.18. The quantitative estimate of drug-likeness (QED) is 0.724. The van der Waals surface area contributed by atoms with Crippen LogP contribution in [-0.2, 0) is 0 Å². The van der Waals surface area contributed by atoms with Crippen molar-refractivity contribution in [3.8, 4) is 5.75 Å². The maximum atomic E-state index is 6.00. The van der Waals surface area contributed by atoms with Crippen molar-refractivity contribution in [1.29, 1.82) is 0 Å². The van der Waals surface area contributed by atoms with E-state index in [0.29, 0.717) is 11.6 Å². The summed E-state index contributed by atoms with van der Waals surface area (Å²) in [6.07, 6.45) is 4.92. The number of hydrogen-bond acceptors (Lipinski definition) is 2. The molecule has 0 fully saturated rings. The lowest BCUT2D eigenvalue weighted by Crippen LogP contribution is -2.12. The molecule has 0 aliphatic carbocycles. The van der Waals surface area contributed by atoms with Gasteiger partial charge in [0.05, 0.1) is 12.3 Å². The summed E-state index contributed by atoms with van der Waals surface area (Å²) in [5.41, 5.74) is 7.80. The zero-order valence-electron chi connectivity index (χ0n) is 11.6. The van der Waals surface area contributed by atoms with Crippen LogP contribution in [0.15, 0.2) is 16.6 Å². The van der Waals surface area contributed by atoms with Crippen molar-refractivity contribution in [2.75, 3.05) is 12.3 Å². The number of aryl methyl sites for hydroxylation is 1. The van der Waals surface area contributed by atoms with E-state index >= 15 is 0 Å². The van der Waals surface area contributed by atoms with Crippen molar-refractivity contribution in [1.82, 2.24) is 0 Å². The highest BCUT2D eigenvalue weighted by Gasteiger charge is 2.10. The van der Waals surface area contributed by atoms with Gasteiger partial charge in [0.1, 0.15) is 5.75 Å². The van der Waals surface area contributed by atoms with Crippen molar-refractivity contribution in [3.05, 3.63) is 22.2 Å². The van der Waals surface area contributed by atoms with E-state index in [1.807, 2.05) is 19.1 Å². The van der Waals surface area contributed by atoms with Gasteiger partial charge in [-0.25, -0.2) is 0 Å². The van der Waals surface area contributed by atoms with Gasteiger partial charge in [-0.05, 0) is 37.0 Å². The first-order chi connectivity index (χ1) is 8.58. The van der Waals surface area contributed by atoms with Crippen molar-refractivity contribution in [2.45, 2.75) is 46.5 Å². The molecule has 3 heteroatoms. The van der Waals surface area contributed by atoms with Crippen LogP contribution in [0.2, 0.25) is 0 Å². The van der Waals surface area contributed by atoms with Gasteiger partial charge in [0.2, 0.25) is 0 Å². The minimum Gasteiger partial charge on any atom is -0.491 e. The number of unbranched alkanes of at least 4 members (excludes halogenated alkanes) is 1. The molecule has 0 saturated carbocycles. The van der Waals surface area contributed by atoms with Crippen molar-refractivity contribution >= 4 is 21.6 Å². The van der Waals surface area contributed by atoms with Crippen LogP contribution in [0.3, 0.4) is 0 Å². The third-order valence-corrected chi connectivity index (χ3v) is 3.73. The Labute approximate surface area is 119 Å². The smallest absolute Gasteiger partial charge is 0.145 e. The van der Waals surface area contributed by atoms with Gasteiger partial charge in [0.25, 0.3) is 0 Å². The van der Waals surface area contributed by atoms with E-state index in [1.54, 1.807) is 0 Å². The van der Waals surface area contributed by atoms with Crippen LogP contribution >= 0.6 is 15.9 Å². The molecule has 0 aliphatic heterocycles. The summed E-state index contributed by atoms with van der Waals surface area (Å²) >= 11 is 3.44. The molecule has 1 atom stereocenters. The molecule has 1 unspecified atom stereocenters. The largest absolute Gasteiger partial charge is 0.491 e. The molecular formula is C15H24BrNO.